The summed E-state index contributed by atoms with van der Waals surface area (Å²) in [5.74, 6) is -0.742. The second-order valence-electron chi connectivity index (χ2n) is 5.33. The molecule has 1 unspecified atom stereocenters. The highest BCUT2D eigenvalue weighted by Gasteiger charge is 2.42. The van der Waals surface area contributed by atoms with Gasteiger partial charge in [-0.2, -0.15) is 0 Å². The third-order valence-corrected chi connectivity index (χ3v) is 3.17. The number of ether oxygens (including phenoxy) is 2. The van der Waals surface area contributed by atoms with E-state index in [2.05, 4.69) is 0 Å². The Morgan fingerprint density at radius 1 is 1.17 bits per heavy atom. The molecule has 0 amide bonds. The van der Waals surface area contributed by atoms with Crippen LogP contribution in [0.4, 0.5) is 0 Å². The van der Waals surface area contributed by atoms with E-state index in [-0.39, 0.29) is 19.2 Å². The van der Waals surface area contributed by atoms with E-state index in [4.69, 9.17) is 14.6 Å². The van der Waals surface area contributed by atoms with E-state index in [0.717, 1.165) is 0 Å². The van der Waals surface area contributed by atoms with Crippen molar-refractivity contribution in [3.8, 4) is 0 Å². The van der Waals surface area contributed by atoms with Crippen LogP contribution in [0.15, 0.2) is 0 Å². The first-order valence-electron chi connectivity index (χ1n) is 6.10. The summed E-state index contributed by atoms with van der Waals surface area (Å²) in [4.78, 5) is 23.6. The minimum Gasteiger partial charge on any atom is -0.469 e. The number of methoxy groups -OCH3 is 1. The van der Waals surface area contributed by atoms with E-state index < -0.39 is 16.8 Å². The van der Waals surface area contributed by atoms with Gasteiger partial charge in [-0.15, -0.1) is 0 Å². The largest absolute Gasteiger partial charge is 0.469 e. The highest BCUT2D eigenvalue weighted by atomic mass is 16.5. The molecule has 0 aromatic rings. The van der Waals surface area contributed by atoms with E-state index in [0.29, 0.717) is 12.8 Å². The molecule has 0 radical (unpaired) electrons. The van der Waals surface area contributed by atoms with Crippen molar-refractivity contribution in [1.29, 1.82) is 0 Å². The number of rotatable bonds is 7. The molecule has 1 atom stereocenters. The smallest absolute Gasteiger partial charge is 0.311 e. The molecule has 0 rings (SSSR count). The van der Waals surface area contributed by atoms with Crippen LogP contribution >= 0.6 is 0 Å². The molecule has 0 aliphatic carbocycles. The molecule has 0 heterocycles. The fraction of sp³-hybridized carbons (Fsp3) is 0.846. The van der Waals surface area contributed by atoms with E-state index in [1.807, 2.05) is 6.92 Å². The van der Waals surface area contributed by atoms with Crippen molar-refractivity contribution >= 4 is 11.9 Å². The SMILES string of the molecule is CCC(C)(CC(C)(C)C(=O)OC)C(=O)OCCO. The van der Waals surface area contributed by atoms with Gasteiger partial charge in [0.15, 0.2) is 0 Å². The Bertz CT molecular complexity index is 298. The number of esters is 2. The molecular formula is C13H24O5. The van der Waals surface area contributed by atoms with Gasteiger partial charge in [-0.05, 0) is 33.6 Å². The first-order valence-corrected chi connectivity index (χ1v) is 6.10. The molecule has 1 N–H and O–H groups in total. The third kappa shape index (κ3) is 4.29. The lowest BCUT2D eigenvalue weighted by atomic mass is 9.72. The van der Waals surface area contributed by atoms with E-state index in [1.54, 1.807) is 20.8 Å². The Kier molecular flexibility index (Phi) is 6.32. The van der Waals surface area contributed by atoms with Gasteiger partial charge in [0.2, 0.25) is 0 Å². The predicted octanol–water partition coefficient (Wildman–Crippen LogP) is 1.53. The predicted molar refractivity (Wildman–Crippen MR) is 66.9 cm³/mol. The second kappa shape index (κ2) is 6.73. The summed E-state index contributed by atoms with van der Waals surface area (Å²) in [6.07, 6.45) is 0.894. The summed E-state index contributed by atoms with van der Waals surface area (Å²) in [6, 6.07) is 0. The maximum Gasteiger partial charge on any atom is 0.311 e. The van der Waals surface area contributed by atoms with E-state index >= 15 is 0 Å². The minimum atomic E-state index is -0.757. The number of aliphatic hydroxyl groups excluding tert-OH is 1. The fourth-order valence-electron chi connectivity index (χ4n) is 1.98. The average Bonchev–Trinajstić information content (AvgIpc) is 2.33. The molecule has 5 nitrogen and oxygen atoms in total. The zero-order chi connectivity index (χ0) is 14.4. The van der Waals surface area contributed by atoms with Gasteiger partial charge >= 0.3 is 11.9 Å². The van der Waals surface area contributed by atoms with Gasteiger partial charge in [0, 0.05) is 0 Å². The quantitative estimate of drug-likeness (QED) is 0.703. The van der Waals surface area contributed by atoms with Gasteiger partial charge in [0.25, 0.3) is 0 Å². The molecule has 18 heavy (non-hydrogen) atoms. The Morgan fingerprint density at radius 2 is 1.72 bits per heavy atom. The van der Waals surface area contributed by atoms with Gasteiger partial charge < -0.3 is 14.6 Å². The maximum atomic E-state index is 12.0. The Balaban J connectivity index is 4.85. The monoisotopic (exact) mass is 260 g/mol. The molecule has 0 saturated carbocycles. The third-order valence-electron chi connectivity index (χ3n) is 3.17. The van der Waals surface area contributed by atoms with Crippen LogP contribution in [0.5, 0.6) is 0 Å². The Labute approximate surface area is 108 Å². The Morgan fingerprint density at radius 3 is 2.11 bits per heavy atom. The molecule has 0 aliphatic heterocycles. The van der Waals surface area contributed by atoms with Crippen LogP contribution in [0.2, 0.25) is 0 Å². The summed E-state index contributed by atoms with van der Waals surface area (Å²) in [5.41, 5.74) is -1.51. The lowest BCUT2D eigenvalue weighted by Gasteiger charge is -2.33. The zero-order valence-corrected chi connectivity index (χ0v) is 11.9. The topological polar surface area (TPSA) is 72.8 Å². The van der Waals surface area contributed by atoms with Crippen LogP contribution in [0.1, 0.15) is 40.5 Å². The molecule has 106 valence electrons. The Hall–Kier alpha value is -1.10. The second-order valence-corrected chi connectivity index (χ2v) is 5.33. The summed E-state index contributed by atoms with van der Waals surface area (Å²) in [5, 5.41) is 8.66. The molecule has 0 aromatic heterocycles. The maximum absolute atomic E-state index is 12.0. The molecule has 0 aliphatic rings. The van der Waals surface area contributed by atoms with Gasteiger partial charge in [-0.25, -0.2) is 0 Å². The first-order chi connectivity index (χ1) is 8.23. The van der Waals surface area contributed by atoms with Crippen LogP contribution in [-0.2, 0) is 19.1 Å². The van der Waals surface area contributed by atoms with Crippen LogP contribution in [-0.4, -0.2) is 37.4 Å². The van der Waals surface area contributed by atoms with Crippen molar-refractivity contribution in [2.45, 2.75) is 40.5 Å². The van der Waals surface area contributed by atoms with Crippen molar-refractivity contribution < 1.29 is 24.2 Å². The van der Waals surface area contributed by atoms with Gasteiger partial charge in [0.1, 0.15) is 6.61 Å². The summed E-state index contributed by atoms with van der Waals surface area (Å²) in [6.45, 7) is 6.89. The van der Waals surface area contributed by atoms with E-state index in [9.17, 15) is 9.59 Å². The number of carbonyl (C=O) groups excluding carboxylic acids is 2. The molecule has 0 aromatic carbocycles. The lowest BCUT2D eigenvalue weighted by molar-refractivity contribution is -0.162. The van der Waals surface area contributed by atoms with Crippen molar-refractivity contribution in [3.05, 3.63) is 0 Å². The zero-order valence-electron chi connectivity index (χ0n) is 11.9. The summed E-state index contributed by atoms with van der Waals surface area (Å²) >= 11 is 0. The van der Waals surface area contributed by atoms with Crippen molar-refractivity contribution in [2.75, 3.05) is 20.3 Å². The number of hydrogen-bond donors (Lipinski definition) is 1. The van der Waals surface area contributed by atoms with Crippen LogP contribution in [0.25, 0.3) is 0 Å². The molecule has 5 heteroatoms. The van der Waals surface area contributed by atoms with E-state index in [1.165, 1.54) is 7.11 Å². The fourth-order valence-corrected chi connectivity index (χ4v) is 1.98. The highest BCUT2D eigenvalue weighted by Crippen LogP contribution is 2.38. The molecule has 0 spiro atoms. The summed E-state index contributed by atoms with van der Waals surface area (Å²) < 4.78 is 9.70. The molecule has 0 fully saturated rings. The average molecular weight is 260 g/mol. The normalized spacial score (nSPS) is 14.8. The van der Waals surface area contributed by atoms with Crippen LogP contribution in [0, 0.1) is 10.8 Å². The van der Waals surface area contributed by atoms with Crippen LogP contribution in [0.3, 0.4) is 0 Å². The number of aliphatic hydroxyl groups is 1. The van der Waals surface area contributed by atoms with Crippen molar-refractivity contribution in [1.82, 2.24) is 0 Å². The number of carbonyl (C=O) groups is 2. The standard InChI is InChI=1S/C13H24O5/c1-6-13(4,11(16)18-8-7-14)9-12(2,3)10(15)17-5/h14H,6-9H2,1-5H3. The van der Waals surface area contributed by atoms with Gasteiger partial charge in [0.05, 0.1) is 24.5 Å². The summed E-state index contributed by atoms with van der Waals surface area (Å²) in [7, 11) is 1.33. The molecule has 0 bridgehead atoms. The molecule has 0 saturated heterocycles. The first kappa shape index (κ1) is 16.9. The minimum absolute atomic E-state index is 0.0208. The van der Waals surface area contributed by atoms with Crippen molar-refractivity contribution in [3.63, 3.8) is 0 Å². The van der Waals surface area contributed by atoms with Crippen LogP contribution < -0.4 is 0 Å². The lowest BCUT2D eigenvalue weighted by Crippen LogP contribution is -2.38. The van der Waals surface area contributed by atoms with Crippen molar-refractivity contribution in [2.24, 2.45) is 10.8 Å². The molecular weight excluding hydrogens is 236 g/mol. The van der Waals surface area contributed by atoms with Gasteiger partial charge in [-0.3, -0.25) is 9.59 Å². The highest BCUT2D eigenvalue weighted by molar-refractivity contribution is 5.80. The van der Waals surface area contributed by atoms with Gasteiger partial charge in [-0.1, -0.05) is 6.92 Å². The number of hydrogen-bond acceptors (Lipinski definition) is 5.